The third-order valence-corrected chi connectivity index (χ3v) is 3.31. The van der Waals surface area contributed by atoms with Gasteiger partial charge in [0.25, 0.3) is 5.88 Å². The van der Waals surface area contributed by atoms with E-state index in [2.05, 4.69) is 22.1 Å². The van der Waals surface area contributed by atoms with Crippen molar-refractivity contribution in [1.82, 2.24) is 19.7 Å². The highest BCUT2D eigenvalue weighted by Crippen LogP contribution is 2.36. The molecule has 2 N–H and O–H groups in total. The molecule has 0 amide bonds. The Morgan fingerprint density at radius 2 is 2.39 bits per heavy atom. The standard InChI is InChI=1S/C11H14N4O3/c1-6-2-7(4-16)18-11(6)15-5-12-9-8(15)3-13-14-10(9)17/h3,5-7,11,16H,2,4H2,1H3,(H,14,17)/t6-,7-,11+/m0/s1. The Hall–Kier alpha value is -1.73. The largest absolute Gasteiger partial charge is 0.491 e. The van der Waals surface area contributed by atoms with Crippen molar-refractivity contribution in [3.63, 3.8) is 0 Å². The van der Waals surface area contributed by atoms with E-state index in [-0.39, 0.29) is 30.7 Å². The summed E-state index contributed by atoms with van der Waals surface area (Å²) in [6, 6.07) is 0. The Morgan fingerprint density at radius 3 is 3.11 bits per heavy atom. The van der Waals surface area contributed by atoms with E-state index in [1.54, 1.807) is 12.5 Å². The number of rotatable bonds is 2. The molecule has 0 unspecified atom stereocenters. The molecule has 1 saturated heterocycles. The third-order valence-electron chi connectivity index (χ3n) is 3.31. The minimum atomic E-state index is -0.198. The Balaban J connectivity index is 2.02. The molecule has 1 fully saturated rings. The summed E-state index contributed by atoms with van der Waals surface area (Å²) in [4.78, 5) is 4.12. The fraction of sp³-hybridized carbons (Fsp3) is 0.545. The van der Waals surface area contributed by atoms with Gasteiger partial charge in [0.15, 0.2) is 5.52 Å². The van der Waals surface area contributed by atoms with E-state index in [0.717, 1.165) is 6.42 Å². The lowest BCUT2D eigenvalue weighted by atomic mass is 10.1. The van der Waals surface area contributed by atoms with Gasteiger partial charge in [0, 0.05) is 5.92 Å². The van der Waals surface area contributed by atoms with E-state index in [4.69, 9.17) is 9.84 Å². The number of aromatic nitrogens is 4. The lowest BCUT2D eigenvalue weighted by molar-refractivity contribution is -0.0292. The average molecular weight is 250 g/mol. The maximum absolute atomic E-state index is 9.56. The first-order chi connectivity index (χ1) is 8.70. The van der Waals surface area contributed by atoms with Gasteiger partial charge in [-0.25, -0.2) is 4.98 Å². The quantitative estimate of drug-likeness (QED) is 0.803. The van der Waals surface area contributed by atoms with Crippen molar-refractivity contribution in [3.05, 3.63) is 12.5 Å². The number of aromatic hydroxyl groups is 1. The van der Waals surface area contributed by atoms with Gasteiger partial charge in [-0.15, -0.1) is 5.10 Å². The van der Waals surface area contributed by atoms with Gasteiger partial charge < -0.3 is 19.5 Å². The van der Waals surface area contributed by atoms with Crippen molar-refractivity contribution < 1.29 is 14.9 Å². The predicted molar refractivity (Wildman–Crippen MR) is 61.8 cm³/mol. The van der Waals surface area contributed by atoms with E-state index < -0.39 is 0 Å². The second kappa shape index (κ2) is 4.18. The van der Waals surface area contributed by atoms with Crippen LogP contribution in [-0.4, -0.2) is 42.7 Å². The van der Waals surface area contributed by atoms with E-state index in [1.165, 1.54) is 0 Å². The molecular weight excluding hydrogens is 236 g/mol. The van der Waals surface area contributed by atoms with Crippen molar-refractivity contribution in [2.24, 2.45) is 5.92 Å². The van der Waals surface area contributed by atoms with Crippen molar-refractivity contribution in [3.8, 4) is 5.88 Å². The van der Waals surface area contributed by atoms with Gasteiger partial charge in [-0.2, -0.15) is 5.10 Å². The van der Waals surface area contributed by atoms with Crippen LogP contribution in [0.2, 0.25) is 0 Å². The van der Waals surface area contributed by atoms with Gasteiger partial charge >= 0.3 is 0 Å². The zero-order chi connectivity index (χ0) is 12.7. The zero-order valence-electron chi connectivity index (χ0n) is 9.89. The van der Waals surface area contributed by atoms with Crippen LogP contribution in [0.1, 0.15) is 19.6 Å². The van der Waals surface area contributed by atoms with Crippen LogP contribution in [0, 0.1) is 5.92 Å². The van der Waals surface area contributed by atoms with Gasteiger partial charge in [-0.1, -0.05) is 6.92 Å². The molecule has 0 saturated carbocycles. The average Bonchev–Trinajstić information content (AvgIpc) is 2.93. The van der Waals surface area contributed by atoms with Crippen LogP contribution in [0.4, 0.5) is 0 Å². The lowest BCUT2D eigenvalue weighted by Gasteiger charge is -2.17. The summed E-state index contributed by atoms with van der Waals surface area (Å²) in [6.45, 7) is 2.07. The molecular formula is C11H14N4O3. The molecule has 96 valence electrons. The highest BCUT2D eigenvalue weighted by molar-refractivity contribution is 5.78. The molecule has 3 atom stereocenters. The fourth-order valence-corrected chi connectivity index (χ4v) is 2.43. The lowest BCUT2D eigenvalue weighted by Crippen LogP contribution is -2.15. The number of hydrogen-bond acceptors (Lipinski definition) is 6. The van der Waals surface area contributed by atoms with Gasteiger partial charge in [-0.3, -0.25) is 0 Å². The van der Waals surface area contributed by atoms with Crippen molar-refractivity contribution >= 4 is 11.0 Å². The highest BCUT2D eigenvalue weighted by atomic mass is 16.5. The molecule has 1 aliphatic rings. The first-order valence-electron chi connectivity index (χ1n) is 5.84. The monoisotopic (exact) mass is 250 g/mol. The first-order valence-corrected chi connectivity index (χ1v) is 5.84. The molecule has 0 bridgehead atoms. The maximum Gasteiger partial charge on any atom is 0.259 e. The van der Waals surface area contributed by atoms with E-state index in [0.29, 0.717) is 11.0 Å². The molecule has 0 radical (unpaired) electrons. The topological polar surface area (TPSA) is 93.3 Å². The van der Waals surface area contributed by atoms with Crippen LogP contribution in [0.5, 0.6) is 5.88 Å². The van der Waals surface area contributed by atoms with Gasteiger partial charge in [0.05, 0.1) is 30.8 Å². The molecule has 3 heterocycles. The van der Waals surface area contributed by atoms with E-state index in [1.807, 2.05) is 4.57 Å². The van der Waals surface area contributed by atoms with Crippen LogP contribution in [0.15, 0.2) is 12.5 Å². The summed E-state index contributed by atoms with van der Waals surface area (Å²) in [7, 11) is 0. The van der Waals surface area contributed by atoms with Crippen LogP contribution in [-0.2, 0) is 4.74 Å². The molecule has 3 rings (SSSR count). The highest BCUT2D eigenvalue weighted by Gasteiger charge is 2.33. The minimum Gasteiger partial charge on any atom is -0.491 e. The molecule has 2 aromatic rings. The number of nitrogens with zero attached hydrogens (tertiary/aromatic N) is 4. The Morgan fingerprint density at radius 1 is 1.56 bits per heavy atom. The van der Waals surface area contributed by atoms with Crippen LogP contribution in [0.25, 0.3) is 11.0 Å². The molecule has 0 aliphatic carbocycles. The Bertz CT molecular complexity index is 570. The Labute approximate surface area is 103 Å². The normalized spacial score (nSPS) is 28.0. The summed E-state index contributed by atoms with van der Waals surface area (Å²) in [6.07, 6.45) is 3.60. The SMILES string of the molecule is C[C@H]1C[C@@H](CO)O[C@H]1n1cnc2c(O)nncc21. The molecule has 7 nitrogen and oxygen atoms in total. The second-order valence-corrected chi connectivity index (χ2v) is 4.60. The third kappa shape index (κ3) is 1.63. The number of ether oxygens (including phenoxy) is 1. The molecule has 1 aliphatic heterocycles. The molecule has 18 heavy (non-hydrogen) atoms. The molecule has 2 aromatic heterocycles. The second-order valence-electron chi connectivity index (χ2n) is 4.60. The number of aliphatic hydroxyl groups excluding tert-OH is 1. The molecule has 0 spiro atoms. The Kier molecular flexibility index (Phi) is 2.64. The van der Waals surface area contributed by atoms with Crippen molar-refractivity contribution in [1.29, 1.82) is 0 Å². The van der Waals surface area contributed by atoms with Gasteiger partial charge in [0.1, 0.15) is 6.23 Å². The number of fused-ring (bicyclic) bond motifs is 1. The van der Waals surface area contributed by atoms with Crippen LogP contribution in [0.3, 0.4) is 0 Å². The van der Waals surface area contributed by atoms with Crippen molar-refractivity contribution in [2.45, 2.75) is 25.7 Å². The molecule has 7 heteroatoms. The minimum absolute atomic E-state index is 0.0124. The number of hydrogen-bond donors (Lipinski definition) is 2. The fourth-order valence-electron chi connectivity index (χ4n) is 2.43. The summed E-state index contributed by atoms with van der Waals surface area (Å²) in [5, 5.41) is 26.0. The van der Waals surface area contributed by atoms with Crippen LogP contribution < -0.4 is 0 Å². The number of aliphatic hydroxyl groups is 1. The van der Waals surface area contributed by atoms with Gasteiger partial charge in [0.2, 0.25) is 0 Å². The van der Waals surface area contributed by atoms with E-state index >= 15 is 0 Å². The maximum atomic E-state index is 9.56. The summed E-state index contributed by atoms with van der Waals surface area (Å²) < 4.78 is 7.58. The summed E-state index contributed by atoms with van der Waals surface area (Å²) >= 11 is 0. The summed E-state index contributed by atoms with van der Waals surface area (Å²) in [5.41, 5.74) is 1.09. The molecule has 0 aromatic carbocycles. The predicted octanol–water partition coefficient (Wildman–Crippen LogP) is 0.448. The van der Waals surface area contributed by atoms with Crippen LogP contribution >= 0.6 is 0 Å². The van der Waals surface area contributed by atoms with Crippen molar-refractivity contribution in [2.75, 3.05) is 6.61 Å². The number of imidazole rings is 1. The zero-order valence-corrected chi connectivity index (χ0v) is 9.89. The van der Waals surface area contributed by atoms with Gasteiger partial charge in [-0.05, 0) is 6.42 Å². The summed E-state index contributed by atoms with van der Waals surface area (Å²) in [5.74, 6) is 0.0745. The van der Waals surface area contributed by atoms with E-state index in [9.17, 15) is 5.11 Å². The smallest absolute Gasteiger partial charge is 0.259 e. The first kappa shape index (κ1) is 11.4.